The van der Waals surface area contributed by atoms with Gasteiger partial charge in [0.1, 0.15) is 5.82 Å². The fourth-order valence-electron chi connectivity index (χ4n) is 1.08. The Labute approximate surface area is 82.1 Å². The third-order valence-corrected chi connectivity index (χ3v) is 1.95. The average Bonchev–Trinajstić information content (AvgIpc) is 2.15. The molecule has 0 unspecified atom stereocenters. The third kappa shape index (κ3) is 2.09. The SMILES string of the molecule is OC(c1cccc(F)c1)(C(F)F)C(F)F. The molecule has 0 aliphatic heterocycles. The molecule has 0 radical (unpaired) electrons. The Hall–Kier alpha value is -1.17. The van der Waals surface area contributed by atoms with Crippen LogP contribution in [0.25, 0.3) is 0 Å². The van der Waals surface area contributed by atoms with Gasteiger partial charge in [0, 0.05) is 0 Å². The van der Waals surface area contributed by atoms with Gasteiger partial charge in [0.05, 0.1) is 0 Å². The lowest BCUT2D eigenvalue weighted by Gasteiger charge is -2.26. The van der Waals surface area contributed by atoms with Gasteiger partial charge in [-0.2, -0.15) is 0 Å². The van der Waals surface area contributed by atoms with Crippen molar-refractivity contribution >= 4 is 0 Å². The number of hydrogen-bond donors (Lipinski definition) is 1. The lowest BCUT2D eigenvalue weighted by Crippen LogP contribution is -2.41. The first kappa shape index (κ1) is 11.9. The van der Waals surface area contributed by atoms with Crippen molar-refractivity contribution in [1.82, 2.24) is 0 Å². The molecule has 1 rings (SSSR count). The molecule has 1 aromatic rings. The van der Waals surface area contributed by atoms with Crippen LogP contribution in [-0.2, 0) is 5.60 Å². The van der Waals surface area contributed by atoms with E-state index >= 15 is 0 Å². The van der Waals surface area contributed by atoms with Crippen LogP contribution in [0.1, 0.15) is 5.56 Å². The Bertz CT molecular complexity index is 331. The second-order valence-corrected chi connectivity index (χ2v) is 2.94. The molecule has 84 valence electrons. The van der Waals surface area contributed by atoms with E-state index < -0.39 is 29.8 Å². The molecule has 0 aliphatic rings. The first-order valence-electron chi connectivity index (χ1n) is 3.93. The molecule has 6 heteroatoms. The fraction of sp³-hybridized carbons (Fsp3) is 0.333. The zero-order valence-electron chi connectivity index (χ0n) is 7.30. The maximum atomic E-state index is 12.6. The molecule has 0 fully saturated rings. The highest BCUT2D eigenvalue weighted by atomic mass is 19.3. The van der Waals surface area contributed by atoms with E-state index in [-0.39, 0.29) is 0 Å². The van der Waals surface area contributed by atoms with Crippen LogP contribution in [0.15, 0.2) is 24.3 Å². The standard InChI is InChI=1S/C9H7F5O/c10-6-3-1-2-5(4-6)9(15,7(11)12)8(13)14/h1-4,7-8,15H. The van der Waals surface area contributed by atoms with Gasteiger partial charge < -0.3 is 5.11 Å². The van der Waals surface area contributed by atoms with E-state index in [1.165, 1.54) is 0 Å². The van der Waals surface area contributed by atoms with E-state index in [0.29, 0.717) is 6.07 Å². The first-order chi connectivity index (χ1) is 6.89. The minimum Gasteiger partial charge on any atom is -0.374 e. The molecule has 0 saturated heterocycles. The molecule has 0 saturated carbocycles. The van der Waals surface area contributed by atoms with Crippen molar-refractivity contribution in [3.8, 4) is 0 Å². The summed E-state index contributed by atoms with van der Waals surface area (Å²) in [5.41, 5.74) is -4.46. The van der Waals surface area contributed by atoms with Gasteiger partial charge in [0.25, 0.3) is 12.9 Å². The highest BCUT2D eigenvalue weighted by Gasteiger charge is 2.48. The lowest BCUT2D eigenvalue weighted by molar-refractivity contribution is -0.183. The summed E-state index contributed by atoms with van der Waals surface area (Å²) in [6.45, 7) is 0. The summed E-state index contributed by atoms with van der Waals surface area (Å²) in [5.74, 6) is -0.966. The Morgan fingerprint density at radius 3 is 2.00 bits per heavy atom. The van der Waals surface area contributed by atoms with Gasteiger partial charge in [-0.05, 0) is 17.7 Å². The molecular formula is C9H7F5O. The highest BCUT2D eigenvalue weighted by molar-refractivity contribution is 5.24. The second-order valence-electron chi connectivity index (χ2n) is 2.94. The second kappa shape index (κ2) is 4.14. The summed E-state index contributed by atoms with van der Waals surface area (Å²) in [7, 11) is 0. The zero-order valence-corrected chi connectivity index (χ0v) is 7.30. The van der Waals surface area contributed by atoms with E-state index in [1.807, 2.05) is 0 Å². The maximum Gasteiger partial charge on any atom is 0.276 e. The van der Waals surface area contributed by atoms with Crippen LogP contribution in [0.2, 0.25) is 0 Å². The van der Waals surface area contributed by atoms with Crippen LogP contribution in [0.4, 0.5) is 22.0 Å². The van der Waals surface area contributed by atoms with E-state index in [2.05, 4.69) is 0 Å². The summed E-state index contributed by atoms with van der Waals surface area (Å²) in [6, 6.07) is 3.15. The van der Waals surface area contributed by atoms with Gasteiger partial charge in [0.2, 0.25) is 5.60 Å². The van der Waals surface area contributed by atoms with E-state index in [0.717, 1.165) is 18.2 Å². The van der Waals surface area contributed by atoms with Crippen LogP contribution < -0.4 is 0 Å². The van der Waals surface area contributed by atoms with Gasteiger partial charge in [-0.15, -0.1) is 0 Å². The average molecular weight is 226 g/mol. The lowest BCUT2D eigenvalue weighted by atomic mass is 9.95. The molecule has 15 heavy (non-hydrogen) atoms. The maximum absolute atomic E-state index is 12.6. The Morgan fingerprint density at radius 2 is 1.60 bits per heavy atom. The van der Waals surface area contributed by atoms with Crippen molar-refractivity contribution in [2.24, 2.45) is 0 Å². The van der Waals surface area contributed by atoms with E-state index in [1.54, 1.807) is 0 Å². The summed E-state index contributed by atoms with van der Waals surface area (Å²) >= 11 is 0. The van der Waals surface area contributed by atoms with E-state index in [4.69, 9.17) is 5.11 Å². The van der Waals surface area contributed by atoms with E-state index in [9.17, 15) is 22.0 Å². The van der Waals surface area contributed by atoms with Gasteiger partial charge >= 0.3 is 0 Å². The summed E-state index contributed by atoms with van der Waals surface area (Å²) < 4.78 is 61.8. The number of hydrogen-bond acceptors (Lipinski definition) is 1. The normalized spacial score (nSPS) is 12.5. The summed E-state index contributed by atoms with van der Waals surface area (Å²) in [4.78, 5) is 0. The number of halogens is 5. The molecule has 0 heterocycles. The quantitative estimate of drug-likeness (QED) is 0.785. The van der Waals surface area contributed by atoms with Crippen molar-refractivity contribution in [1.29, 1.82) is 0 Å². The van der Waals surface area contributed by atoms with Gasteiger partial charge in [-0.25, -0.2) is 22.0 Å². The number of alkyl halides is 4. The Kier molecular flexibility index (Phi) is 3.28. The first-order valence-corrected chi connectivity index (χ1v) is 3.93. The molecule has 0 aliphatic carbocycles. The zero-order chi connectivity index (χ0) is 11.6. The van der Waals surface area contributed by atoms with Crippen molar-refractivity contribution in [2.45, 2.75) is 18.5 Å². The van der Waals surface area contributed by atoms with Crippen molar-refractivity contribution in [3.05, 3.63) is 35.6 Å². The molecule has 0 atom stereocenters. The van der Waals surface area contributed by atoms with Crippen LogP contribution in [0, 0.1) is 5.82 Å². The molecular weight excluding hydrogens is 219 g/mol. The molecule has 0 aromatic heterocycles. The smallest absolute Gasteiger partial charge is 0.276 e. The molecule has 0 amide bonds. The number of aliphatic hydroxyl groups is 1. The van der Waals surface area contributed by atoms with Crippen LogP contribution in [-0.4, -0.2) is 18.0 Å². The van der Waals surface area contributed by atoms with Crippen LogP contribution in [0.3, 0.4) is 0 Å². The molecule has 0 bridgehead atoms. The summed E-state index contributed by atoms with van der Waals surface area (Å²) in [5, 5.41) is 9.09. The predicted octanol–water partition coefficient (Wildman–Crippen LogP) is 2.54. The Morgan fingerprint density at radius 1 is 1.07 bits per heavy atom. The number of rotatable bonds is 3. The van der Waals surface area contributed by atoms with Crippen LogP contribution >= 0.6 is 0 Å². The third-order valence-electron chi connectivity index (χ3n) is 1.95. The molecule has 1 N–H and O–H groups in total. The van der Waals surface area contributed by atoms with Gasteiger partial charge in [-0.3, -0.25) is 0 Å². The van der Waals surface area contributed by atoms with Crippen LogP contribution in [0.5, 0.6) is 0 Å². The number of benzene rings is 1. The fourth-order valence-corrected chi connectivity index (χ4v) is 1.08. The van der Waals surface area contributed by atoms with Crippen molar-refractivity contribution in [2.75, 3.05) is 0 Å². The predicted molar refractivity (Wildman–Crippen MR) is 42.3 cm³/mol. The van der Waals surface area contributed by atoms with Gasteiger partial charge in [0.15, 0.2) is 0 Å². The van der Waals surface area contributed by atoms with Gasteiger partial charge in [-0.1, -0.05) is 12.1 Å². The van der Waals surface area contributed by atoms with Crippen molar-refractivity contribution in [3.63, 3.8) is 0 Å². The van der Waals surface area contributed by atoms with Crippen molar-refractivity contribution < 1.29 is 27.1 Å². The molecule has 0 spiro atoms. The minimum absolute atomic E-state index is 0.457. The Balaban J connectivity index is 3.21. The molecule has 1 nitrogen and oxygen atoms in total. The summed E-state index contributed by atoms with van der Waals surface area (Å²) in [6.07, 6.45) is -7.39. The topological polar surface area (TPSA) is 20.2 Å². The monoisotopic (exact) mass is 226 g/mol. The highest BCUT2D eigenvalue weighted by Crippen LogP contribution is 2.34. The minimum atomic E-state index is -3.70. The largest absolute Gasteiger partial charge is 0.374 e. The molecule has 1 aromatic carbocycles.